The lowest BCUT2D eigenvalue weighted by Gasteiger charge is -2.20. The van der Waals surface area contributed by atoms with Crippen molar-refractivity contribution in [3.05, 3.63) is 74.4 Å². The Morgan fingerprint density at radius 1 is 1.04 bits per heavy atom. The molecule has 5 rings (SSSR count). The van der Waals surface area contributed by atoms with E-state index in [0.29, 0.717) is 11.1 Å². The van der Waals surface area contributed by atoms with Crippen molar-refractivity contribution in [1.29, 1.82) is 0 Å². The van der Waals surface area contributed by atoms with Gasteiger partial charge in [0, 0.05) is 30.2 Å². The number of ether oxygens (including phenoxy) is 1. The topological polar surface area (TPSA) is 252 Å². The molecule has 1 aliphatic rings. The van der Waals surface area contributed by atoms with Crippen LogP contribution in [0.15, 0.2) is 45.4 Å². The summed E-state index contributed by atoms with van der Waals surface area (Å²) in [7, 11) is 0. The first-order chi connectivity index (χ1) is 21.8. The van der Waals surface area contributed by atoms with Crippen molar-refractivity contribution in [2.24, 2.45) is 0 Å². The number of nitrogens with one attached hydrogen (secondary N) is 1. The monoisotopic (exact) mass is 634 g/mol. The number of carbonyl (C=O) groups excluding carboxylic acids is 3. The standard InChI is InChI=1S/C30H26N4O12/c1-13-5-14-6-18(35)19(36)7-16(14)27(41)24(13)17-12-45-21-8-20(37)29(43)26(25(21)28(17)42)30(44)46-11-15-9-34(33-32-15)10-22(38)31-4-2-3-23(39)40/h6-9,12,35-37,43H,2-5,10-11H2,1H3,(H,31,38)(H,39,40). The molecule has 1 amide bonds. The zero-order chi connectivity index (χ0) is 33.3. The number of esters is 1. The Labute approximate surface area is 257 Å². The Balaban J connectivity index is 1.40. The number of phenolic OH excluding ortho intramolecular Hbond substituents is 4. The molecule has 2 heterocycles. The molecule has 0 fully saturated rings. The summed E-state index contributed by atoms with van der Waals surface area (Å²) in [5.74, 6) is -6.05. The predicted molar refractivity (Wildman–Crippen MR) is 155 cm³/mol. The van der Waals surface area contributed by atoms with Gasteiger partial charge in [0.05, 0.1) is 17.1 Å². The molecule has 46 heavy (non-hydrogen) atoms. The maximum absolute atomic E-state index is 13.8. The molecule has 16 nitrogen and oxygen atoms in total. The lowest BCUT2D eigenvalue weighted by Crippen LogP contribution is -2.28. The van der Waals surface area contributed by atoms with Crippen LogP contribution < -0.4 is 10.7 Å². The number of ketones is 1. The summed E-state index contributed by atoms with van der Waals surface area (Å²) in [4.78, 5) is 63.1. The minimum Gasteiger partial charge on any atom is -0.504 e. The molecule has 0 saturated carbocycles. The molecule has 0 spiro atoms. The van der Waals surface area contributed by atoms with Crippen LogP contribution in [0.2, 0.25) is 0 Å². The number of phenols is 4. The van der Waals surface area contributed by atoms with Crippen LogP contribution in [0.1, 0.15) is 57.3 Å². The second kappa shape index (κ2) is 12.4. The number of amides is 1. The van der Waals surface area contributed by atoms with Gasteiger partial charge in [-0.15, -0.1) is 5.10 Å². The Hall–Kier alpha value is -6.19. The van der Waals surface area contributed by atoms with E-state index >= 15 is 0 Å². The van der Waals surface area contributed by atoms with Crippen molar-refractivity contribution in [3.63, 3.8) is 0 Å². The van der Waals surface area contributed by atoms with E-state index in [4.69, 9.17) is 14.3 Å². The minimum atomic E-state index is -1.25. The van der Waals surface area contributed by atoms with Crippen LogP contribution >= 0.6 is 0 Å². The SMILES string of the molecule is CC1=C(c2coc3cc(O)c(O)c(C(=O)OCc4cn(CC(=O)NCCCC(=O)O)nn4)c3c2=O)C(=O)c2cc(O)c(O)cc2C1. The van der Waals surface area contributed by atoms with Gasteiger partial charge in [-0.2, -0.15) is 0 Å². The third kappa shape index (κ3) is 6.08. The largest absolute Gasteiger partial charge is 0.504 e. The number of aromatic hydroxyl groups is 4. The normalized spacial score (nSPS) is 12.7. The average molecular weight is 635 g/mol. The van der Waals surface area contributed by atoms with Crippen molar-refractivity contribution in [2.45, 2.75) is 39.3 Å². The summed E-state index contributed by atoms with van der Waals surface area (Å²) in [6.45, 7) is 0.961. The summed E-state index contributed by atoms with van der Waals surface area (Å²) < 4.78 is 11.9. The van der Waals surface area contributed by atoms with Crippen LogP contribution in [0.5, 0.6) is 23.0 Å². The van der Waals surface area contributed by atoms with Gasteiger partial charge < -0.3 is 40.0 Å². The van der Waals surface area contributed by atoms with E-state index in [-0.39, 0.29) is 60.3 Å². The zero-order valence-electron chi connectivity index (χ0n) is 24.1. The number of hydrogen-bond acceptors (Lipinski definition) is 13. The lowest BCUT2D eigenvalue weighted by atomic mass is 9.82. The number of carboxylic acids is 1. The highest BCUT2D eigenvalue weighted by Gasteiger charge is 2.31. The van der Waals surface area contributed by atoms with Gasteiger partial charge in [0.2, 0.25) is 11.3 Å². The third-order valence-electron chi connectivity index (χ3n) is 7.18. The van der Waals surface area contributed by atoms with E-state index in [2.05, 4.69) is 15.6 Å². The molecule has 0 radical (unpaired) electrons. The van der Waals surface area contributed by atoms with Gasteiger partial charge in [-0.1, -0.05) is 10.8 Å². The molecular formula is C30H26N4O12. The fourth-order valence-electron chi connectivity index (χ4n) is 5.03. The van der Waals surface area contributed by atoms with Gasteiger partial charge in [-0.05, 0) is 37.5 Å². The molecule has 238 valence electrons. The third-order valence-corrected chi connectivity index (χ3v) is 7.18. The first kappa shape index (κ1) is 31.2. The molecule has 6 N–H and O–H groups in total. The Morgan fingerprint density at radius 2 is 1.78 bits per heavy atom. The van der Waals surface area contributed by atoms with Gasteiger partial charge in [0.1, 0.15) is 36.3 Å². The van der Waals surface area contributed by atoms with Crippen LogP contribution in [0.3, 0.4) is 0 Å². The molecule has 2 aromatic heterocycles. The van der Waals surface area contributed by atoms with E-state index in [1.54, 1.807) is 6.92 Å². The molecule has 2 aromatic carbocycles. The Kier molecular flexibility index (Phi) is 8.44. The highest BCUT2D eigenvalue weighted by atomic mass is 16.5. The van der Waals surface area contributed by atoms with E-state index in [1.807, 2.05) is 0 Å². The minimum absolute atomic E-state index is 0.0484. The molecule has 1 aliphatic carbocycles. The lowest BCUT2D eigenvalue weighted by molar-refractivity contribution is -0.137. The average Bonchev–Trinajstić information content (AvgIpc) is 3.44. The molecule has 16 heteroatoms. The molecule has 4 aromatic rings. The van der Waals surface area contributed by atoms with E-state index < -0.39 is 69.6 Å². The number of benzene rings is 2. The summed E-state index contributed by atoms with van der Waals surface area (Å²) >= 11 is 0. The zero-order valence-corrected chi connectivity index (χ0v) is 24.1. The first-order valence-corrected chi connectivity index (χ1v) is 13.7. The number of aliphatic carboxylic acids is 1. The number of nitrogens with zero attached hydrogens (tertiary/aromatic N) is 3. The van der Waals surface area contributed by atoms with Gasteiger partial charge in [-0.3, -0.25) is 19.2 Å². The number of allylic oxidation sites excluding steroid dienone is 2. The number of fused-ring (bicyclic) bond motifs is 2. The number of carboxylic acid groups (broad SMARTS) is 1. The second-order valence-electron chi connectivity index (χ2n) is 10.5. The maximum atomic E-state index is 13.8. The van der Waals surface area contributed by atoms with Gasteiger partial charge in [0.25, 0.3) is 0 Å². The van der Waals surface area contributed by atoms with Crippen LogP contribution in [-0.2, 0) is 33.9 Å². The molecule has 0 saturated heterocycles. The van der Waals surface area contributed by atoms with E-state index in [0.717, 1.165) is 23.1 Å². The number of rotatable bonds is 10. The van der Waals surface area contributed by atoms with Crippen LogP contribution in [0.4, 0.5) is 0 Å². The summed E-state index contributed by atoms with van der Waals surface area (Å²) in [6.07, 6.45) is 2.57. The van der Waals surface area contributed by atoms with Gasteiger partial charge >= 0.3 is 11.9 Å². The van der Waals surface area contributed by atoms with Gasteiger partial charge in [-0.25, -0.2) is 9.48 Å². The van der Waals surface area contributed by atoms with Crippen molar-refractivity contribution >= 4 is 40.2 Å². The highest BCUT2D eigenvalue weighted by Crippen LogP contribution is 2.39. The Morgan fingerprint density at radius 3 is 2.52 bits per heavy atom. The van der Waals surface area contributed by atoms with Crippen LogP contribution in [0, 0.1) is 0 Å². The van der Waals surface area contributed by atoms with Crippen molar-refractivity contribution < 1.29 is 53.9 Å². The molecule has 0 bridgehead atoms. The summed E-state index contributed by atoms with van der Waals surface area (Å²) in [6, 6.07) is 3.25. The first-order valence-electron chi connectivity index (χ1n) is 13.7. The fraction of sp³-hybridized carbons (Fsp3) is 0.233. The number of carbonyl (C=O) groups is 4. The van der Waals surface area contributed by atoms with E-state index in [9.17, 15) is 44.4 Å². The molecular weight excluding hydrogens is 608 g/mol. The predicted octanol–water partition coefficient (Wildman–Crippen LogP) is 1.76. The van der Waals surface area contributed by atoms with Crippen LogP contribution in [0.25, 0.3) is 16.5 Å². The number of aromatic nitrogens is 3. The van der Waals surface area contributed by atoms with Crippen molar-refractivity contribution in [1.82, 2.24) is 20.3 Å². The number of Topliss-reactive ketones (excluding diaryl/α,β-unsaturated/α-hetero) is 1. The molecule has 0 aliphatic heterocycles. The van der Waals surface area contributed by atoms with Gasteiger partial charge in [0.15, 0.2) is 28.8 Å². The van der Waals surface area contributed by atoms with E-state index in [1.165, 1.54) is 12.3 Å². The Bertz CT molecular complexity index is 2020. The molecule has 0 unspecified atom stereocenters. The second-order valence-corrected chi connectivity index (χ2v) is 10.5. The summed E-state index contributed by atoms with van der Waals surface area (Å²) in [5, 5.41) is 59.0. The summed E-state index contributed by atoms with van der Waals surface area (Å²) in [5.41, 5.74) is -1.25. The van der Waals surface area contributed by atoms with Crippen LogP contribution in [-0.4, -0.2) is 70.7 Å². The molecule has 0 atom stereocenters. The fourth-order valence-corrected chi connectivity index (χ4v) is 5.03. The van der Waals surface area contributed by atoms with Crippen molar-refractivity contribution in [2.75, 3.05) is 6.54 Å². The quantitative estimate of drug-likeness (QED) is 0.0826. The maximum Gasteiger partial charge on any atom is 0.343 e. The van der Waals surface area contributed by atoms with Crippen molar-refractivity contribution in [3.8, 4) is 23.0 Å². The highest BCUT2D eigenvalue weighted by molar-refractivity contribution is 6.31. The number of hydrogen-bond donors (Lipinski definition) is 6. The smallest absolute Gasteiger partial charge is 0.343 e.